The highest BCUT2D eigenvalue weighted by molar-refractivity contribution is 5.33. The Hall–Kier alpha value is -1.80. The fourth-order valence-corrected chi connectivity index (χ4v) is 2.79. The zero-order valence-corrected chi connectivity index (χ0v) is 15.0. The predicted molar refractivity (Wildman–Crippen MR) is 102 cm³/mol. The van der Waals surface area contributed by atoms with Gasteiger partial charge in [0, 0.05) is 18.7 Å². The summed E-state index contributed by atoms with van der Waals surface area (Å²) in [6.07, 6.45) is 7.77. The molecule has 2 aromatic rings. The number of ether oxygens (including phenoxy) is 1. The molecular formula is C22H31NO. The van der Waals surface area contributed by atoms with Gasteiger partial charge in [-0.05, 0) is 18.1 Å². The van der Waals surface area contributed by atoms with Gasteiger partial charge in [0.15, 0.2) is 0 Å². The van der Waals surface area contributed by atoms with Crippen molar-refractivity contribution in [2.75, 3.05) is 6.61 Å². The number of rotatable bonds is 12. The average molecular weight is 325 g/mol. The van der Waals surface area contributed by atoms with E-state index >= 15 is 0 Å². The summed E-state index contributed by atoms with van der Waals surface area (Å²) in [4.78, 5) is 0. The summed E-state index contributed by atoms with van der Waals surface area (Å²) in [7, 11) is 0. The Kier molecular flexibility index (Phi) is 9.03. The maximum atomic E-state index is 6.01. The summed E-state index contributed by atoms with van der Waals surface area (Å²) in [5.74, 6) is 1.02. The van der Waals surface area contributed by atoms with E-state index in [1.165, 1.54) is 43.2 Å². The molecule has 2 heteroatoms. The largest absolute Gasteiger partial charge is 0.493 e. The van der Waals surface area contributed by atoms with Crippen LogP contribution in [0.2, 0.25) is 0 Å². The van der Waals surface area contributed by atoms with Crippen molar-refractivity contribution in [3.63, 3.8) is 0 Å². The van der Waals surface area contributed by atoms with Crippen LogP contribution in [0.25, 0.3) is 0 Å². The molecule has 24 heavy (non-hydrogen) atoms. The summed E-state index contributed by atoms with van der Waals surface area (Å²) in [6.45, 7) is 4.79. The highest BCUT2D eigenvalue weighted by Crippen LogP contribution is 2.18. The molecule has 0 aromatic heterocycles. The van der Waals surface area contributed by atoms with Crippen LogP contribution in [0.1, 0.15) is 56.6 Å². The van der Waals surface area contributed by atoms with Crippen LogP contribution in [-0.4, -0.2) is 6.61 Å². The first-order chi connectivity index (χ1) is 11.9. The predicted octanol–water partition coefficient (Wildman–Crippen LogP) is 5.72. The molecule has 0 saturated heterocycles. The minimum absolute atomic E-state index is 0.821. The third kappa shape index (κ3) is 7.18. The maximum Gasteiger partial charge on any atom is 0.123 e. The van der Waals surface area contributed by atoms with Gasteiger partial charge in [0.1, 0.15) is 5.75 Å². The fourth-order valence-electron chi connectivity index (χ4n) is 2.79. The number of hydrogen-bond donors (Lipinski definition) is 1. The fraction of sp³-hybridized carbons (Fsp3) is 0.455. The molecule has 0 spiro atoms. The highest BCUT2D eigenvalue weighted by Gasteiger charge is 2.03. The van der Waals surface area contributed by atoms with Crippen molar-refractivity contribution in [1.29, 1.82) is 0 Å². The number of para-hydroxylation sites is 1. The van der Waals surface area contributed by atoms with Crippen molar-refractivity contribution in [2.45, 2.75) is 58.5 Å². The molecule has 130 valence electrons. The van der Waals surface area contributed by atoms with Gasteiger partial charge in [-0.1, -0.05) is 87.6 Å². The van der Waals surface area contributed by atoms with Crippen LogP contribution in [-0.2, 0) is 13.1 Å². The second kappa shape index (κ2) is 11.7. The van der Waals surface area contributed by atoms with E-state index in [0.717, 1.165) is 31.9 Å². The molecular weight excluding hydrogens is 294 g/mol. The van der Waals surface area contributed by atoms with Gasteiger partial charge in [-0.2, -0.15) is 0 Å². The van der Waals surface area contributed by atoms with Crippen LogP contribution in [0.15, 0.2) is 54.6 Å². The Labute approximate surface area is 147 Å². The first kappa shape index (κ1) is 18.5. The zero-order chi connectivity index (χ0) is 16.9. The van der Waals surface area contributed by atoms with E-state index < -0.39 is 0 Å². The standard InChI is InChI=1S/C22H31NO/c1-2-3-4-5-6-12-17-24-22-16-11-10-15-21(22)19-23-18-20-13-8-7-9-14-20/h7-11,13-16,23H,2-6,12,17-19H2,1H3. The van der Waals surface area contributed by atoms with Gasteiger partial charge in [-0.15, -0.1) is 0 Å². The van der Waals surface area contributed by atoms with E-state index in [0.29, 0.717) is 0 Å². The smallest absolute Gasteiger partial charge is 0.123 e. The zero-order valence-electron chi connectivity index (χ0n) is 15.0. The summed E-state index contributed by atoms with van der Waals surface area (Å²) in [5.41, 5.74) is 2.54. The topological polar surface area (TPSA) is 21.3 Å². The van der Waals surface area contributed by atoms with E-state index in [-0.39, 0.29) is 0 Å². The van der Waals surface area contributed by atoms with Gasteiger partial charge < -0.3 is 10.1 Å². The second-order valence-corrected chi connectivity index (χ2v) is 6.31. The van der Waals surface area contributed by atoms with Crippen molar-refractivity contribution in [3.8, 4) is 5.75 Å². The van der Waals surface area contributed by atoms with Crippen LogP contribution in [0.5, 0.6) is 5.75 Å². The minimum atomic E-state index is 0.821. The van der Waals surface area contributed by atoms with Gasteiger partial charge in [0.2, 0.25) is 0 Å². The first-order valence-corrected chi connectivity index (χ1v) is 9.35. The van der Waals surface area contributed by atoms with E-state index in [1.54, 1.807) is 0 Å². The minimum Gasteiger partial charge on any atom is -0.493 e. The summed E-state index contributed by atoms with van der Waals surface area (Å²) in [5, 5.41) is 3.50. The lowest BCUT2D eigenvalue weighted by Gasteiger charge is -2.12. The maximum absolute atomic E-state index is 6.01. The quantitative estimate of drug-likeness (QED) is 0.504. The Bertz CT molecular complexity index is 553. The van der Waals surface area contributed by atoms with Gasteiger partial charge in [-0.25, -0.2) is 0 Å². The van der Waals surface area contributed by atoms with E-state index in [2.05, 4.69) is 66.8 Å². The van der Waals surface area contributed by atoms with Crippen LogP contribution in [0.3, 0.4) is 0 Å². The molecule has 0 aliphatic rings. The highest BCUT2D eigenvalue weighted by atomic mass is 16.5. The Morgan fingerprint density at radius 1 is 0.750 bits per heavy atom. The van der Waals surface area contributed by atoms with Gasteiger partial charge in [0.05, 0.1) is 6.61 Å². The van der Waals surface area contributed by atoms with Crippen LogP contribution >= 0.6 is 0 Å². The molecule has 0 bridgehead atoms. The molecule has 0 atom stereocenters. The van der Waals surface area contributed by atoms with E-state index in [9.17, 15) is 0 Å². The molecule has 2 aromatic carbocycles. The number of benzene rings is 2. The number of unbranched alkanes of at least 4 members (excludes halogenated alkanes) is 5. The molecule has 0 aliphatic heterocycles. The van der Waals surface area contributed by atoms with E-state index in [4.69, 9.17) is 4.74 Å². The number of nitrogens with one attached hydrogen (secondary N) is 1. The second-order valence-electron chi connectivity index (χ2n) is 6.31. The first-order valence-electron chi connectivity index (χ1n) is 9.35. The average Bonchev–Trinajstić information content (AvgIpc) is 2.63. The normalized spacial score (nSPS) is 10.7. The Balaban J connectivity index is 1.69. The lowest BCUT2D eigenvalue weighted by molar-refractivity contribution is 0.300. The van der Waals surface area contributed by atoms with Gasteiger partial charge >= 0.3 is 0 Å². The van der Waals surface area contributed by atoms with Crippen molar-refractivity contribution in [3.05, 3.63) is 65.7 Å². The number of hydrogen-bond acceptors (Lipinski definition) is 2. The monoisotopic (exact) mass is 325 g/mol. The van der Waals surface area contributed by atoms with E-state index in [1.807, 2.05) is 0 Å². The van der Waals surface area contributed by atoms with Gasteiger partial charge in [-0.3, -0.25) is 0 Å². The molecule has 0 fully saturated rings. The summed E-state index contributed by atoms with van der Waals surface area (Å²) >= 11 is 0. The third-order valence-electron chi connectivity index (χ3n) is 4.22. The molecule has 0 unspecified atom stereocenters. The molecule has 0 heterocycles. The lowest BCUT2D eigenvalue weighted by atomic mass is 10.1. The molecule has 0 saturated carbocycles. The van der Waals surface area contributed by atoms with Crippen molar-refractivity contribution < 1.29 is 4.74 Å². The Morgan fingerprint density at radius 3 is 2.29 bits per heavy atom. The SMILES string of the molecule is CCCCCCCCOc1ccccc1CNCc1ccccc1. The lowest BCUT2D eigenvalue weighted by Crippen LogP contribution is -2.13. The molecule has 2 nitrogen and oxygen atoms in total. The Morgan fingerprint density at radius 2 is 1.46 bits per heavy atom. The summed E-state index contributed by atoms with van der Waals surface area (Å²) in [6, 6.07) is 18.9. The van der Waals surface area contributed by atoms with Crippen LogP contribution in [0.4, 0.5) is 0 Å². The van der Waals surface area contributed by atoms with Crippen LogP contribution < -0.4 is 10.1 Å². The van der Waals surface area contributed by atoms with Gasteiger partial charge in [0.25, 0.3) is 0 Å². The third-order valence-corrected chi connectivity index (χ3v) is 4.22. The van der Waals surface area contributed by atoms with Crippen molar-refractivity contribution >= 4 is 0 Å². The van der Waals surface area contributed by atoms with Crippen LogP contribution in [0, 0.1) is 0 Å². The summed E-state index contributed by atoms with van der Waals surface area (Å²) < 4.78 is 6.01. The molecule has 2 rings (SSSR count). The molecule has 0 radical (unpaired) electrons. The molecule has 0 amide bonds. The molecule has 1 N–H and O–H groups in total. The van der Waals surface area contributed by atoms with Crippen molar-refractivity contribution in [2.24, 2.45) is 0 Å². The van der Waals surface area contributed by atoms with Crippen molar-refractivity contribution in [1.82, 2.24) is 5.32 Å². The molecule has 0 aliphatic carbocycles.